The third kappa shape index (κ3) is 10.7. The van der Waals surface area contributed by atoms with Crippen molar-refractivity contribution in [3.63, 3.8) is 0 Å². The van der Waals surface area contributed by atoms with Gasteiger partial charge in [-0.2, -0.15) is 0 Å². The molecule has 1 saturated heterocycles. The summed E-state index contributed by atoms with van der Waals surface area (Å²) in [5.74, 6) is -0.0566. The number of thiophene rings is 1. The number of carbonyl (C=O) groups excluding carboxylic acids is 4. The van der Waals surface area contributed by atoms with E-state index in [1.54, 1.807) is 46.9 Å². The van der Waals surface area contributed by atoms with Crippen molar-refractivity contribution in [1.82, 2.24) is 40.6 Å². The first-order chi connectivity index (χ1) is 34.7. The molecule has 19 heteroatoms. The van der Waals surface area contributed by atoms with Gasteiger partial charge in [-0.15, -0.1) is 32.9 Å². The lowest BCUT2D eigenvalue weighted by Crippen LogP contribution is -2.57. The number of thiazole rings is 1. The van der Waals surface area contributed by atoms with Crippen LogP contribution in [0.15, 0.2) is 87.7 Å². The molecule has 0 bridgehead atoms. The van der Waals surface area contributed by atoms with E-state index in [-0.39, 0.29) is 43.6 Å². The first-order valence-electron chi connectivity index (χ1n) is 24.2. The Morgan fingerprint density at radius 2 is 1.67 bits per heavy atom. The largest absolute Gasteiger partial charge is 0.489 e. The number of benzene rings is 3. The number of likely N-dealkylation sites (tertiary alicyclic amines) is 1. The van der Waals surface area contributed by atoms with E-state index in [0.717, 1.165) is 54.0 Å². The highest BCUT2D eigenvalue weighted by Crippen LogP contribution is 2.40. The quantitative estimate of drug-likeness (QED) is 0.0814. The molecule has 0 aliphatic carbocycles. The third-order valence-electron chi connectivity index (χ3n) is 13.4. The number of furan rings is 1. The number of aliphatic imine (C=N–C) groups is 1. The fourth-order valence-electron chi connectivity index (χ4n) is 9.33. The predicted octanol–water partition coefficient (Wildman–Crippen LogP) is 8.94. The Bertz CT molecular complexity index is 3260. The second-order valence-corrected chi connectivity index (χ2v) is 22.4. The maximum absolute atomic E-state index is 14.4. The minimum absolute atomic E-state index is 0.0137. The van der Waals surface area contributed by atoms with Crippen molar-refractivity contribution in [2.45, 2.75) is 112 Å². The molecule has 4 amide bonds. The van der Waals surface area contributed by atoms with Crippen LogP contribution in [0.4, 0.5) is 0 Å². The number of hydrogen-bond donors (Lipinski definition) is 4. The fourth-order valence-corrected chi connectivity index (χ4v) is 11.5. The summed E-state index contributed by atoms with van der Waals surface area (Å²) in [6, 6.07) is 19.2. The minimum atomic E-state index is -1.08. The van der Waals surface area contributed by atoms with Crippen molar-refractivity contribution >= 4 is 74.6 Å². The normalized spacial score (nSPS) is 17.8. The number of halogens is 1. The van der Waals surface area contributed by atoms with E-state index in [9.17, 15) is 24.3 Å². The molecule has 73 heavy (non-hydrogen) atoms. The van der Waals surface area contributed by atoms with Gasteiger partial charge < -0.3 is 35.1 Å². The Kier molecular flexibility index (Phi) is 14.5. The Balaban J connectivity index is 0.828. The summed E-state index contributed by atoms with van der Waals surface area (Å²) in [5.41, 5.74) is 7.98. The van der Waals surface area contributed by atoms with Gasteiger partial charge in [0.05, 0.1) is 46.9 Å². The molecular weight excluding hydrogens is 986 g/mol. The summed E-state index contributed by atoms with van der Waals surface area (Å²) in [5, 5.41) is 30.8. The number of nitrogens with one attached hydrogen (secondary N) is 3. The summed E-state index contributed by atoms with van der Waals surface area (Å²) in [6.07, 6.45) is -1.32. The van der Waals surface area contributed by atoms with Crippen LogP contribution < -0.4 is 20.7 Å². The number of aliphatic hydroxyl groups is 1. The fraction of sp³-hybridized carbons (Fsp3) is 0.370. The second kappa shape index (κ2) is 20.6. The molecule has 0 unspecified atom stereocenters. The second-order valence-electron chi connectivity index (χ2n) is 19.9. The first kappa shape index (κ1) is 51.2. The summed E-state index contributed by atoms with van der Waals surface area (Å²) in [7, 11) is 0. The predicted molar refractivity (Wildman–Crippen MR) is 283 cm³/mol. The molecule has 6 atom stereocenters. The van der Waals surface area contributed by atoms with Gasteiger partial charge in [0.2, 0.25) is 17.7 Å². The van der Waals surface area contributed by atoms with Crippen molar-refractivity contribution in [2.24, 2.45) is 10.4 Å². The van der Waals surface area contributed by atoms with Crippen LogP contribution >= 0.6 is 34.3 Å². The molecule has 0 radical (unpaired) electrons. The van der Waals surface area contributed by atoms with Gasteiger partial charge in [0.15, 0.2) is 11.6 Å². The number of aliphatic hydroxyl groups excluding tert-OH is 1. The van der Waals surface area contributed by atoms with Gasteiger partial charge in [0.25, 0.3) is 5.91 Å². The van der Waals surface area contributed by atoms with Crippen LogP contribution in [0, 0.1) is 33.1 Å². The third-order valence-corrected chi connectivity index (χ3v) is 15.8. The molecule has 4 aromatic heterocycles. The lowest BCUT2D eigenvalue weighted by atomic mass is 9.85. The molecule has 6 heterocycles. The van der Waals surface area contributed by atoms with Crippen molar-refractivity contribution in [3.8, 4) is 21.2 Å². The standard InChI is InChI=1S/C54H58ClN9O7S2/c1-27(24-56-44(66)23-40-49-62-61-32(6)64(49)53-45(28(2)31(5)73-53)46(59-40)34-14-17-37(55)18-15-34)70-39-19-16-36-20-43(71-42(36)22-39)51(68)60-48(54(7,8)9)52(69)63-25-38(65)21-41(63)50(67)58-29(3)33-10-12-35(13-11-33)47-30(4)57-26-72-47/h10-20,22,26-27,29,38,40-41,48,65H,21,23-25H2,1-9H3,(H,56,66)(H,58,67)(H,60,68)/t27-,29-,38+,40-,41-,48+/m0/s1. The number of fused-ring (bicyclic) bond motifs is 4. The molecule has 2 aliphatic heterocycles. The molecule has 0 saturated carbocycles. The summed E-state index contributed by atoms with van der Waals surface area (Å²) < 4.78 is 14.3. The average molecular weight is 1040 g/mol. The average Bonchev–Trinajstić information content (AvgIpc) is 4.19. The van der Waals surface area contributed by atoms with Gasteiger partial charge in [0, 0.05) is 45.4 Å². The van der Waals surface area contributed by atoms with Crippen molar-refractivity contribution in [1.29, 1.82) is 0 Å². The maximum atomic E-state index is 14.4. The Morgan fingerprint density at radius 1 is 0.945 bits per heavy atom. The monoisotopic (exact) mass is 1040 g/mol. The van der Waals surface area contributed by atoms with Gasteiger partial charge in [0.1, 0.15) is 46.4 Å². The number of β-amino-alcohol motifs (C(OH)–C–C–N with tert-alkyl or cyclic N) is 1. The van der Waals surface area contributed by atoms with Crippen LogP contribution in [0.25, 0.3) is 26.4 Å². The summed E-state index contributed by atoms with van der Waals surface area (Å²) in [6.45, 7) is 17.3. The summed E-state index contributed by atoms with van der Waals surface area (Å²) >= 11 is 9.48. The van der Waals surface area contributed by atoms with Crippen LogP contribution in [-0.2, 0) is 14.4 Å². The molecule has 9 rings (SSSR count). The Morgan fingerprint density at radius 3 is 2.37 bits per heavy atom. The van der Waals surface area contributed by atoms with Gasteiger partial charge in [-0.3, -0.25) is 28.7 Å². The van der Waals surface area contributed by atoms with Crippen LogP contribution in [0.3, 0.4) is 0 Å². The van der Waals surface area contributed by atoms with Crippen LogP contribution in [-0.4, -0.2) is 96.5 Å². The molecule has 4 N–H and O–H groups in total. The highest BCUT2D eigenvalue weighted by molar-refractivity contribution is 7.15. The van der Waals surface area contributed by atoms with Gasteiger partial charge >= 0.3 is 0 Å². The smallest absolute Gasteiger partial charge is 0.287 e. The van der Waals surface area contributed by atoms with Crippen LogP contribution in [0.5, 0.6) is 5.75 Å². The molecule has 0 spiro atoms. The minimum Gasteiger partial charge on any atom is -0.489 e. The lowest BCUT2D eigenvalue weighted by molar-refractivity contribution is -0.142. The van der Waals surface area contributed by atoms with E-state index in [4.69, 9.17) is 25.7 Å². The highest BCUT2D eigenvalue weighted by atomic mass is 35.5. The van der Waals surface area contributed by atoms with E-state index in [2.05, 4.69) is 45.0 Å². The van der Waals surface area contributed by atoms with E-state index < -0.39 is 53.5 Å². The zero-order valence-electron chi connectivity index (χ0n) is 42.1. The first-order valence-corrected chi connectivity index (χ1v) is 26.2. The summed E-state index contributed by atoms with van der Waals surface area (Å²) in [4.78, 5) is 68.9. The molecule has 16 nitrogen and oxygen atoms in total. The van der Waals surface area contributed by atoms with E-state index in [1.165, 1.54) is 4.90 Å². The van der Waals surface area contributed by atoms with Crippen molar-refractivity contribution in [3.05, 3.63) is 134 Å². The van der Waals surface area contributed by atoms with Gasteiger partial charge in [-0.05, 0) is 94.0 Å². The number of aryl methyl sites for hydroxylation is 3. The number of amides is 4. The topological polar surface area (TPSA) is 206 Å². The highest BCUT2D eigenvalue weighted by Gasteiger charge is 2.45. The maximum Gasteiger partial charge on any atom is 0.287 e. The zero-order valence-corrected chi connectivity index (χ0v) is 44.5. The van der Waals surface area contributed by atoms with Gasteiger partial charge in [-0.1, -0.05) is 68.8 Å². The molecule has 1 fully saturated rings. The number of rotatable bonds is 14. The number of aromatic nitrogens is 4. The van der Waals surface area contributed by atoms with E-state index in [0.29, 0.717) is 33.4 Å². The van der Waals surface area contributed by atoms with Gasteiger partial charge in [-0.25, -0.2) is 4.98 Å². The Hall–Kier alpha value is -6.73. The van der Waals surface area contributed by atoms with Crippen molar-refractivity contribution < 1.29 is 33.4 Å². The van der Waals surface area contributed by atoms with Crippen LogP contribution in [0.1, 0.15) is 115 Å². The number of nitrogens with zero attached hydrogens (tertiary/aromatic N) is 6. The SMILES string of the molecule is Cc1ncsc1-c1ccc([C@H](C)NC(=O)[C@@H]2C[C@@H](O)CN2C(=O)[C@@H](NC(=O)c2cc3ccc(O[C@@H](C)CNC(=O)C[C@@H]4N=C(c5ccc(Cl)cc5)c5c(sc(C)c5C)-n5c(C)nnc54)cc3o2)C(C)(C)C)cc1. The molecule has 380 valence electrons. The molecule has 7 aromatic rings. The number of ether oxygens (including phenoxy) is 1. The van der Waals surface area contributed by atoms with E-state index >= 15 is 0 Å². The molecular formula is C54H58ClN9O7S2. The zero-order chi connectivity index (χ0) is 52.0. The van der Waals surface area contributed by atoms with Crippen molar-refractivity contribution in [2.75, 3.05) is 13.1 Å². The lowest BCUT2D eigenvalue weighted by Gasteiger charge is -2.35. The van der Waals surface area contributed by atoms with E-state index in [1.807, 2.05) is 107 Å². The van der Waals surface area contributed by atoms with Crippen LogP contribution in [0.2, 0.25) is 5.02 Å². The Labute approximate surface area is 436 Å². The molecule has 2 aliphatic rings. The number of hydrogen-bond acceptors (Lipinski definition) is 13. The number of carbonyl (C=O) groups is 4. The molecule has 3 aromatic carbocycles.